The first kappa shape index (κ1) is 97.9. The minimum Gasteiger partial charge on any atom is -0.488 e. The summed E-state index contributed by atoms with van der Waals surface area (Å²) in [6, 6.07) is 31.3. The zero-order valence-corrected chi connectivity index (χ0v) is 86.6. The van der Waals surface area contributed by atoms with Gasteiger partial charge in [0.2, 0.25) is 5.91 Å². The van der Waals surface area contributed by atoms with Crippen molar-refractivity contribution in [2.24, 2.45) is 10.9 Å². The van der Waals surface area contributed by atoms with E-state index in [1.54, 1.807) is 11.1 Å². The number of hydrogen-bond donors (Lipinski definition) is 4. The topological polar surface area (TPSA) is 310 Å². The van der Waals surface area contributed by atoms with Gasteiger partial charge in [0.05, 0.1) is 71.3 Å². The Kier molecular flexibility index (Phi) is 26.1. The molecule has 4 N–H and O–H groups in total. The fourth-order valence-corrected chi connectivity index (χ4v) is 21.8. The van der Waals surface area contributed by atoms with Crippen LogP contribution in [0.3, 0.4) is 0 Å². The van der Waals surface area contributed by atoms with Crippen molar-refractivity contribution in [1.29, 1.82) is 0 Å². The molecule has 10 aliphatic heterocycles. The highest BCUT2D eigenvalue weighted by molar-refractivity contribution is 9.10. The number of methoxy groups -OCH3 is 1. The number of likely N-dealkylation sites (tertiary alicyclic amines) is 4. The molecule has 6 saturated heterocycles. The highest BCUT2D eigenvalue weighted by Crippen LogP contribution is 2.52. The van der Waals surface area contributed by atoms with E-state index in [4.69, 9.17) is 78.3 Å². The van der Waals surface area contributed by atoms with Gasteiger partial charge in [0.25, 0.3) is 0 Å². The number of carbonyl (C=O) groups is 5. The summed E-state index contributed by atoms with van der Waals surface area (Å²) in [4.78, 5) is 101. The maximum Gasteiger partial charge on any atom is 0.494 e. The highest BCUT2D eigenvalue weighted by Gasteiger charge is 2.54. The first-order valence-corrected chi connectivity index (χ1v) is 50.9. The van der Waals surface area contributed by atoms with Crippen molar-refractivity contribution in [2.75, 3.05) is 33.3 Å². The zero-order chi connectivity index (χ0) is 99.1. The molecule has 140 heavy (non-hydrogen) atoms. The minimum absolute atomic E-state index is 0.00819. The van der Waals surface area contributed by atoms with E-state index >= 15 is 0 Å². The lowest BCUT2D eigenvalue weighted by Crippen LogP contribution is -2.51. The maximum atomic E-state index is 13.7. The van der Waals surface area contributed by atoms with Gasteiger partial charge in [-0.05, 0) is 350 Å². The molecule has 0 saturated carbocycles. The molecule has 5 amide bonds. The van der Waals surface area contributed by atoms with Gasteiger partial charge in [0, 0.05) is 88.2 Å². The van der Waals surface area contributed by atoms with E-state index in [0.717, 1.165) is 238 Å². The number of nitrogens with one attached hydrogen (secondary N) is 4. The average molecular weight is 1990 g/mol. The molecule has 738 valence electrons. The van der Waals surface area contributed by atoms with Gasteiger partial charge in [-0.1, -0.05) is 67.9 Å². The van der Waals surface area contributed by atoms with E-state index in [-0.39, 0.29) is 65.5 Å². The first-order valence-electron chi connectivity index (χ1n) is 49.8. The Morgan fingerprint density at radius 1 is 0.471 bits per heavy atom. The first-order chi connectivity index (χ1) is 66.3. The van der Waals surface area contributed by atoms with Gasteiger partial charge >= 0.3 is 38.6 Å². The second-order valence-electron chi connectivity index (χ2n) is 44.5. The number of ether oxygens (including phenoxy) is 7. The summed E-state index contributed by atoms with van der Waals surface area (Å²) in [6.07, 6.45) is 13.8. The summed E-state index contributed by atoms with van der Waals surface area (Å²) in [6.45, 7) is 41.7. The quantitative estimate of drug-likeness (QED) is 0.0771. The van der Waals surface area contributed by atoms with Crippen molar-refractivity contribution in [2.45, 2.75) is 317 Å². The van der Waals surface area contributed by atoms with Crippen LogP contribution in [0.2, 0.25) is 5.02 Å². The maximum absolute atomic E-state index is 13.7. The number of aromatic amines is 3. The molecule has 13 aliphatic rings. The number of aliphatic imine (C=N–C) groups is 1. The Labute approximate surface area is 834 Å². The number of imidazole rings is 3. The number of amides is 5. The van der Waals surface area contributed by atoms with E-state index in [2.05, 4.69) is 175 Å². The van der Waals surface area contributed by atoms with Gasteiger partial charge in [-0.25, -0.2) is 34.1 Å². The van der Waals surface area contributed by atoms with Crippen LogP contribution in [-0.2, 0) is 94.3 Å². The fourth-order valence-electron chi connectivity index (χ4n) is 21.3. The summed E-state index contributed by atoms with van der Waals surface area (Å²) in [7, 11) is 0.489. The van der Waals surface area contributed by atoms with Gasteiger partial charge < -0.3 is 76.9 Å². The van der Waals surface area contributed by atoms with Crippen LogP contribution in [0.25, 0.3) is 61.5 Å². The molecule has 0 radical (unpaired) electrons. The molecule has 13 heterocycles. The van der Waals surface area contributed by atoms with Crippen LogP contribution in [0.1, 0.15) is 282 Å². The second kappa shape index (κ2) is 37.4. The third kappa shape index (κ3) is 19.5. The molecule has 0 unspecified atom stereocenters. The number of nitrogens with zero attached hydrogens (tertiary/aromatic N) is 8. The average Bonchev–Trinajstić information content (AvgIpc) is 1.50. The molecular weight excluding hydrogens is 1860 g/mol. The van der Waals surface area contributed by atoms with Crippen LogP contribution in [0.4, 0.5) is 19.2 Å². The largest absolute Gasteiger partial charge is 0.494 e. The summed E-state index contributed by atoms with van der Waals surface area (Å²) in [5.41, 5.74) is 24.2. The number of fused-ring (bicyclic) bond motifs is 17. The van der Waals surface area contributed by atoms with E-state index in [0.29, 0.717) is 32.9 Å². The molecule has 6 fully saturated rings. The standard InChI is InChI=1S/C35H43BN4O6.C33H40BN3O5.C28H29ClN2O3.C12H18BrN3O2/c1-19(2)29(39-33(42)43-7)32(41)40-14-8-9-27(40)31-37-26-13-10-20-16-25-23-12-11-22(36-45-34(3,4)35(5,6)46-36)15-21(23)18-44-28(25)17-24(20)30(26)38-31;1-31(2,3)40-30(38)37-14-8-9-26(37)29-35-25-13-10-19-16-24-22-12-11-21(34-41-32(4,5)33(6,7)42-34)15-20(22)18-39-27(24)17-23(19)28(25)36-29;1-28(2,3)34-27(32)31-10-4-5-25(31)24-13-21-20-14-26-22(12-16(20)6-9-23(21)30-24)19-8-7-18(29)11-17(19)15-33-26;1-12(2,3)18-11(17)16-6-4-5-8(16)10-14-7-9(13)15-10/h11-12,15-17,19,27,29H,8-10,13-14,18H2,1-7H3,(H,37,38)(H,39,42);11-12,15-17,26H,8-10,13-14,18H2,1-7H3,(H,35,36);7-8,11-12,14,25H,4-6,9-10,13,15H2,1-3H3;7-8H,4-6H2,1-3H3,(H,14,15)/t27-,29-;26-;25-;8-/m0000/s1. The lowest BCUT2D eigenvalue weighted by atomic mass is 9.76. The number of rotatable bonds is 9. The summed E-state index contributed by atoms with van der Waals surface area (Å²) in [5, 5.41) is 3.46. The van der Waals surface area contributed by atoms with E-state index in [1.807, 2.05) is 103 Å². The predicted molar refractivity (Wildman–Crippen MR) is 542 cm³/mol. The molecule has 5 atom stereocenters. The molecule has 0 bridgehead atoms. The van der Waals surface area contributed by atoms with Crippen molar-refractivity contribution in [1.82, 2.24) is 54.8 Å². The number of aromatic nitrogens is 6. The number of allylic oxidation sites excluding steroid dienone is 2. The molecule has 0 spiro atoms. The van der Waals surface area contributed by atoms with Crippen LogP contribution in [-0.4, -0.2) is 184 Å². The third-order valence-corrected chi connectivity index (χ3v) is 30.5. The van der Waals surface area contributed by atoms with Crippen molar-refractivity contribution < 1.29 is 75.7 Å². The second-order valence-corrected chi connectivity index (χ2v) is 45.7. The number of benzene rings is 6. The van der Waals surface area contributed by atoms with Crippen molar-refractivity contribution in [3.05, 3.63) is 180 Å². The van der Waals surface area contributed by atoms with Gasteiger partial charge in [-0.2, -0.15) is 0 Å². The van der Waals surface area contributed by atoms with Crippen molar-refractivity contribution in [3.63, 3.8) is 0 Å². The summed E-state index contributed by atoms with van der Waals surface area (Å²) >= 11 is 9.53. The van der Waals surface area contributed by atoms with Crippen molar-refractivity contribution in [3.8, 4) is 73.1 Å². The number of aryl methyl sites for hydroxylation is 5. The van der Waals surface area contributed by atoms with Crippen LogP contribution in [0.15, 0.2) is 112 Å². The Hall–Kier alpha value is -11.0. The summed E-state index contributed by atoms with van der Waals surface area (Å²) < 4.78 is 66.4. The molecule has 32 heteroatoms. The van der Waals surface area contributed by atoms with E-state index < -0.39 is 54.4 Å². The normalized spacial score (nSPS) is 21.1. The molecule has 28 nitrogen and oxygen atoms in total. The van der Waals surface area contributed by atoms with Crippen LogP contribution in [0, 0.1) is 5.92 Å². The molecule has 9 aromatic rings. The molecule has 22 rings (SSSR count). The van der Waals surface area contributed by atoms with E-state index in [1.165, 1.54) is 57.3 Å². The number of halogens is 2. The highest BCUT2D eigenvalue weighted by atomic mass is 79.9. The number of carbonyl (C=O) groups excluding carboxylic acids is 5. The molecule has 3 aromatic heterocycles. The number of H-pyrrole nitrogens is 3. The van der Waals surface area contributed by atoms with Crippen LogP contribution >= 0.6 is 27.5 Å². The van der Waals surface area contributed by atoms with Crippen molar-refractivity contribution >= 4 is 94.3 Å². The SMILES string of the molecule is CC(C)(C)OC(=O)N1CCC[C@H]1C1=NC2=C(C1)c1cc3c(cc1CC2)-c1ccc(Cl)cc1CO3.CC(C)(C)OC(=O)N1CCC[C@H]1c1nc2c([nH]1)CCc1cc3c(cc1-2)OCc1cc(B2OC(C)(C)C(C)(C)O2)ccc1-3.CC(C)(C)OC(=O)N1CCC[C@H]1c1ncc(Br)[nH]1.COC(=O)N[C@H](C(=O)N1CCC[C@H]1c1nc2c([nH]1)CCc1cc3c(cc1-2)OCc1cc(B2OC(C)(C)C(C)(C)O2)ccc1-3)C(C)C. The Morgan fingerprint density at radius 3 is 1.29 bits per heavy atom. The molecule has 3 aliphatic carbocycles. The lowest BCUT2D eigenvalue weighted by Gasteiger charge is -2.32. The van der Waals surface area contributed by atoms with Gasteiger partial charge in [0.15, 0.2) is 0 Å². The lowest BCUT2D eigenvalue weighted by molar-refractivity contribution is -0.135. The minimum atomic E-state index is -0.669. The Balaban J connectivity index is 0.000000124. The Morgan fingerprint density at radius 2 is 0.864 bits per heavy atom. The Bertz CT molecular complexity index is 6440. The predicted octanol–water partition coefficient (Wildman–Crippen LogP) is 21.2. The van der Waals surface area contributed by atoms with Gasteiger partial charge in [0.1, 0.15) is 82.0 Å². The number of hydrogen-bond acceptors (Lipinski definition) is 20. The van der Waals surface area contributed by atoms with Gasteiger partial charge in [-0.15, -0.1) is 0 Å². The van der Waals surface area contributed by atoms with Crippen LogP contribution < -0.4 is 30.5 Å². The van der Waals surface area contributed by atoms with E-state index in [9.17, 15) is 24.0 Å². The third-order valence-electron chi connectivity index (χ3n) is 29.8. The van der Waals surface area contributed by atoms with Gasteiger partial charge in [-0.3, -0.25) is 24.5 Å². The fraction of sp³-hybridized carbons (Fsp3) is 0.509. The zero-order valence-electron chi connectivity index (χ0n) is 84.3. The number of alkyl carbamates (subject to hydrolysis) is 1. The summed E-state index contributed by atoms with van der Waals surface area (Å²) in [5.74, 6) is 4.89. The molecular formula is C108H130B2BrClN12O16. The van der Waals surface area contributed by atoms with Crippen LogP contribution in [0.5, 0.6) is 17.2 Å². The smallest absolute Gasteiger partial charge is 0.488 e. The molecule has 6 aromatic carbocycles. The monoisotopic (exact) mass is 1990 g/mol.